The minimum atomic E-state index is 0.668. The maximum atomic E-state index is 10.4. The molecule has 0 aliphatic carbocycles. The van der Waals surface area contributed by atoms with Gasteiger partial charge in [0, 0.05) is 38.9 Å². The summed E-state index contributed by atoms with van der Waals surface area (Å²) in [6.45, 7) is 0. The molecular formula is C59H41N3. The number of fused-ring (bicyclic) bond motifs is 3. The Labute approximate surface area is 362 Å². The molecule has 0 amide bonds. The van der Waals surface area contributed by atoms with Crippen molar-refractivity contribution in [2.24, 2.45) is 0 Å². The first-order valence-electron chi connectivity index (χ1n) is 20.9. The monoisotopic (exact) mass is 791 g/mol. The normalized spacial score (nSPS) is 11.4. The summed E-state index contributed by atoms with van der Waals surface area (Å²) in [4.78, 5) is 4.62. The lowest BCUT2D eigenvalue weighted by Gasteiger charge is -2.27. The second-order valence-corrected chi connectivity index (χ2v) is 15.3. The third-order valence-electron chi connectivity index (χ3n) is 11.5. The highest BCUT2D eigenvalue weighted by Crippen LogP contribution is 2.40. The third kappa shape index (κ3) is 7.61. The molecule has 0 atom stereocenters. The third-order valence-corrected chi connectivity index (χ3v) is 11.5. The van der Waals surface area contributed by atoms with E-state index in [4.69, 9.17) is 0 Å². The van der Waals surface area contributed by atoms with Crippen LogP contribution in [0.15, 0.2) is 224 Å². The molecule has 0 aromatic heterocycles. The van der Waals surface area contributed by atoms with Gasteiger partial charge >= 0.3 is 0 Å². The van der Waals surface area contributed by atoms with Crippen LogP contribution >= 0.6 is 0 Å². The van der Waals surface area contributed by atoms with Gasteiger partial charge in [-0.1, -0.05) is 182 Å². The Hall–Kier alpha value is -8.45. The van der Waals surface area contributed by atoms with Crippen LogP contribution in [-0.4, -0.2) is 0 Å². The predicted octanol–water partition coefficient (Wildman–Crippen LogP) is 16.3. The molecule has 62 heavy (non-hydrogen) atoms. The van der Waals surface area contributed by atoms with E-state index in [-0.39, 0.29) is 0 Å². The Morgan fingerprint density at radius 3 is 1.29 bits per heavy atom. The van der Waals surface area contributed by atoms with E-state index >= 15 is 0 Å². The van der Waals surface area contributed by atoms with Crippen LogP contribution in [0, 0.1) is 11.3 Å². The topological polar surface area (TPSA) is 30.3 Å². The van der Waals surface area contributed by atoms with Crippen LogP contribution in [0.4, 0.5) is 34.1 Å². The van der Waals surface area contributed by atoms with Gasteiger partial charge in [-0.2, -0.15) is 5.26 Å². The Morgan fingerprint density at radius 1 is 0.323 bits per heavy atom. The molecule has 0 N–H and O–H groups in total. The van der Waals surface area contributed by atoms with Crippen molar-refractivity contribution >= 4 is 90.7 Å². The van der Waals surface area contributed by atoms with E-state index in [9.17, 15) is 5.26 Å². The van der Waals surface area contributed by atoms with Crippen molar-refractivity contribution in [1.29, 1.82) is 5.26 Å². The lowest BCUT2D eigenvalue weighted by molar-refractivity contribution is 1.30. The van der Waals surface area contributed by atoms with Gasteiger partial charge in [-0.3, -0.25) is 0 Å². The van der Waals surface area contributed by atoms with Crippen LogP contribution < -0.4 is 9.80 Å². The van der Waals surface area contributed by atoms with Crippen LogP contribution in [0.1, 0.15) is 27.8 Å². The first-order valence-corrected chi connectivity index (χ1v) is 20.9. The Kier molecular flexibility index (Phi) is 10.4. The van der Waals surface area contributed by atoms with E-state index in [1.807, 2.05) is 18.2 Å². The summed E-state index contributed by atoms with van der Waals surface area (Å²) < 4.78 is 0. The van der Waals surface area contributed by atoms with E-state index < -0.39 is 0 Å². The van der Waals surface area contributed by atoms with E-state index in [0.29, 0.717) is 5.56 Å². The molecule has 0 aliphatic heterocycles. The summed E-state index contributed by atoms with van der Waals surface area (Å²) in [6.07, 6.45) is 8.41. The molecule has 0 saturated carbocycles. The predicted molar refractivity (Wildman–Crippen MR) is 264 cm³/mol. The van der Waals surface area contributed by atoms with Crippen molar-refractivity contribution in [3.8, 4) is 6.07 Å². The highest BCUT2D eigenvalue weighted by molar-refractivity contribution is 6.00. The highest BCUT2D eigenvalue weighted by Gasteiger charge is 2.16. The number of nitrogens with zero attached hydrogens (tertiary/aromatic N) is 3. The molecule has 0 saturated heterocycles. The molecule has 10 aromatic carbocycles. The van der Waals surface area contributed by atoms with Crippen LogP contribution in [0.25, 0.3) is 56.6 Å². The molecular weight excluding hydrogens is 751 g/mol. The van der Waals surface area contributed by atoms with Gasteiger partial charge in [-0.15, -0.1) is 0 Å². The number of rotatable bonds is 10. The van der Waals surface area contributed by atoms with Gasteiger partial charge in [0.25, 0.3) is 0 Å². The minimum Gasteiger partial charge on any atom is -0.310 e. The van der Waals surface area contributed by atoms with Crippen LogP contribution in [0.3, 0.4) is 0 Å². The molecule has 10 aromatic rings. The maximum absolute atomic E-state index is 10.4. The van der Waals surface area contributed by atoms with Gasteiger partial charge in [0.2, 0.25) is 0 Å². The fraction of sp³-hybridized carbons (Fsp3) is 0. The number of anilines is 6. The second kappa shape index (κ2) is 17.0. The smallest absolute Gasteiger partial charge is 0.100 e. The summed E-state index contributed by atoms with van der Waals surface area (Å²) in [7, 11) is 0. The van der Waals surface area contributed by atoms with Gasteiger partial charge < -0.3 is 9.80 Å². The van der Waals surface area contributed by atoms with Crippen LogP contribution in [0.2, 0.25) is 0 Å². The molecule has 0 heterocycles. The van der Waals surface area contributed by atoms with Crippen molar-refractivity contribution in [3.63, 3.8) is 0 Å². The summed E-state index contributed by atoms with van der Waals surface area (Å²) in [5.74, 6) is 0. The molecule has 3 heteroatoms. The summed E-state index contributed by atoms with van der Waals surface area (Å²) in [5.41, 5.74) is 11.4. The molecule has 292 valence electrons. The van der Waals surface area contributed by atoms with Gasteiger partial charge in [0.05, 0.1) is 16.9 Å². The lowest BCUT2D eigenvalue weighted by Crippen LogP contribution is -2.10. The van der Waals surface area contributed by atoms with Gasteiger partial charge in [0.15, 0.2) is 0 Å². The minimum absolute atomic E-state index is 0.668. The van der Waals surface area contributed by atoms with Crippen molar-refractivity contribution < 1.29 is 0 Å². The molecule has 3 nitrogen and oxygen atoms in total. The lowest BCUT2D eigenvalue weighted by atomic mass is 9.97. The molecule has 0 aliphatic rings. The molecule has 0 fully saturated rings. The van der Waals surface area contributed by atoms with E-state index in [1.54, 1.807) is 0 Å². The largest absolute Gasteiger partial charge is 0.310 e. The summed E-state index contributed by atoms with van der Waals surface area (Å²) >= 11 is 0. The van der Waals surface area contributed by atoms with Gasteiger partial charge in [-0.05, 0) is 105 Å². The Balaban J connectivity index is 0.881. The number of para-hydroxylation sites is 2. The standard InChI is InChI=1S/C59H41N3/c60-42-57-48(33-27-44-30-38-53(39-31-44)62(51-19-5-2-6-20-51)59-24-12-16-47-14-8-10-22-56(47)59)34-35-49-41-45(32-40-54(49)57)26-25-43-28-36-52(37-29-43)61(50-17-3-1-4-18-50)58-23-11-15-46-13-7-9-21-55(46)58/h1-41H/b26-25+,33-27+. The average Bonchev–Trinajstić information content (AvgIpc) is 3.34. The zero-order valence-corrected chi connectivity index (χ0v) is 34.0. The van der Waals surface area contributed by atoms with Crippen LogP contribution in [0.5, 0.6) is 0 Å². The number of nitriles is 1. The summed E-state index contributed by atoms with van der Waals surface area (Å²) in [5, 5.41) is 17.2. The van der Waals surface area contributed by atoms with Crippen LogP contribution in [-0.2, 0) is 0 Å². The van der Waals surface area contributed by atoms with Crippen molar-refractivity contribution in [2.75, 3.05) is 9.80 Å². The fourth-order valence-electron chi connectivity index (χ4n) is 8.40. The second-order valence-electron chi connectivity index (χ2n) is 15.3. The highest BCUT2D eigenvalue weighted by atomic mass is 15.1. The van der Waals surface area contributed by atoms with E-state index in [2.05, 4.69) is 246 Å². The first kappa shape index (κ1) is 37.8. The average molecular weight is 792 g/mol. The van der Waals surface area contributed by atoms with Crippen molar-refractivity contribution in [3.05, 3.63) is 252 Å². The zero-order valence-electron chi connectivity index (χ0n) is 34.0. The van der Waals surface area contributed by atoms with E-state index in [1.165, 1.54) is 21.5 Å². The summed E-state index contributed by atoms with van der Waals surface area (Å²) in [6, 6.07) is 81.2. The Bertz CT molecular complexity index is 3280. The number of benzene rings is 10. The quantitative estimate of drug-likeness (QED) is 0.129. The van der Waals surface area contributed by atoms with Crippen molar-refractivity contribution in [2.45, 2.75) is 0 Å². The first-order chi connectivity index (χ1) is 30.7. The van der Waals surface area contributed by atoms with Gasteiger partial charge in [0.1, 0.15) is 6.07 Å². The van der Waals surface area contributed by atoms with E-state index in [0.717, 1.165) is 67.2 Å². The van der Waals surface area contributed by atoms with Gasteiger partial charge in [-0.25, -0.2) is 0 Å². The Morgan fingerprint density at radius 2 is 0.758 bits per heavy atom. The van der Waals surface area contributed by atoms with Crippen molar-refractivity contribution in [1.82, 2.24) is 0 Å². The molecule has 10 rings (SSSR count). The fourth-order valence-corrected chi connectivity index (χ4v) is 8.40. The number of hydrogen-bond acceptors (Lipinski definition) is 3. The molecule has 0 radical (unpaired) electrons. The zero-order chi connectivity index (χ0) is 41.7. The number of hydrogen-bond donors (Lipinski definition) is 0. The molecule has 0 spiro atoms. The molecule has 0 unspecified atom stereocenters. The maximum Gasteiger partial charge on any atom is 0.100 e. The SMILES string of the molecule is N#Cc1c(/C=C/c2ccc(N(c3ccccc3)c3cccc4ccccc34)cc2)ccc2cc(/C=C/c3ccc(N(c4ccccc4)c4cccc5ccccc45)cc3)ccc12. The molecule has 0 bridgehead atoms.